The van der Waals surface area contributed by atoms with Gasteiger partial charge >= 0.3 is 229 Å². The zero-order valence-electron chi connectivity index (χ0n) is 23.5. The summed E-state index contributed by atoms with van der Waals surface area (Å²) in [5.74, 6) is 0. The van der Waals surface area contributed by atoms with Gasteiger partial charge in [0.2, 0.25) is 0 Å². The molecule has 0 unspecified atom stereocenters. The molecule has 0 spiro atoms. The molecule has 0 aliphatic rings. The van der Waals surface area contributed by atoms with Crippen molar-refractivity contribution in [3.63, 3.8) is 0 Å². The molecule has 4 aromatic rings. The first-order chi connectivity index (χ1) is 17.6. The fourth-order valence-corrected chi connectivity index (χ4v) is 23.2. The molecule has 5 heteroatoms. The summed E-state index contributed by atoms with van der Waals surface area (Å²) in [6, 6.07) is 37.3. The van der Waals surface area contributed by atoms with Crippen molar-refractivity contribution in [2.24, 2.45) is 0 Å². The zero-order chi connectivity index (χ0) is 26.7. The van der Waals surface area contributed by atoms with Gasteiger partial charge in [-0.05, 0) is 0 Å². The molecule has 0 saturated heterocycles. The summed E-state index contributed by atoms with van der Waals surface area (Å²) in [6.07, 6.45) is 0. The molecule has 37 heavy (non-hydrogen) atoms. The first kappa shape index (κ1) is 27.0. The van der Waals surface area contributed by atoms with Crippen molar-refractivity contribution < 1.29 is 0 Å². The van der Waals surface area contributed by atoms with Crippen LogP contribution in [-0.2, 0) is 0 Å². The number of hydrogen-bond donors (Lipinski definition) is 0. The normalized spacial score (nSPS) is 11.2. The van der Waals surface area contributed by atoms with Gasteiger partial charge in [0.15, 0.2) is 0 Å². The van der Waals surface area contributed by atoms with E-state index in [1.54, 1.807) is 0 Å². The third-order valence-corrected chi connectivity index (χ3v) is 25.9. The summed E-state index contributed by atoms with van der Waals surface area (Å²) in [5.41, 5.74) is 4.89. The van der Waals surface area contributed by atoms with Gasteiger partial charge in [0.25, 0.3) is 0 Å². The van der Waals surface area contributed by atoms with E-state index in [1.165, 1.54) is 35.2 Å². The van der Waals surface area contributed by atoms with Crippen molar-refractivity contribution in [2.45, 2.75) is 0 Å². The van der Waals surface area contributed by atoms with Crippen LogP contribution >= 0.6 is 0 Å². The molecular formula is C32H40N4Pb. The van der Waals surface area contributed by atoms with Gasteiger partial charge in [0, 0.05) is 0 Å². The molecule has 4 rings (SSSR count). The predicted molar refractivity (Wildman–Crippen MR) is 167 cm³/mol. The summed E-state index contributed by atoms with van der Waals surface area (Å²) in [5, 5.41) is 0. The maximum absolute atomic E-state index is 3.88. The van der Waals surface area contributed by atoms with Crippen LogP contribution in [0.1, 0.15) is 0 Å². The van der Waals surface area contributed by atoms with Crippen LogP contribution in [0.15, 0.2) is 97.1 Å². The summed E-state index contributed by atoms with van der Waals surface area (Å²) in [7, 11) is 16.8. The zero-order valence-corrected chi connectivity index (χ0v) is 27.4. The second-order valence-corrected chi connectivity index (χ2v) is 25.3. The van der Waals surface area contributed by atoms with Crippen LogP contribution in [0.2, 0.25) is 0 Å². The van der Waals surface area contributed by atoms with Crippen molar-refractivity contribution in [3.8, 4) is 0 Å². The van der Waals surface area contributed by atoms with Gasteiger partial charge in [-0.3, -0.25) is 0 Å². The molecule has 0 aliphatic heterocycles. The van der Waals surface area contributed by atoms with Crippen LogP contribution in [0, 0.1) is 0 Å². The molecule has 0 radical (unpaired) electrons. The van der Waals surface area contributed by atoms with E-state index in [2.05, 4.69) is 173 Å². The van der Waals surface area contributed by atoms with E-state index in [9.17, 15) is 0 Å². The van der Waals surface area contributed by atoms with Crippen molar-refractivity contribution in [3.05, 3.63) is 97.1 Å². The second-order valence-electron chi connectivity index (χ2n) is 10.5. The fraction of sp³-hybridized carbons (Fsp3) is 0.250. The van der Waals surface area contributed by atoms with Crippen LogP contribution in [0.3, 0.4) is 0 Å². The second kappa shape index (κ2) is 11.2. The number of benzene rings is 4. The SMILES string of the molecule is CN(C)c1cc[c]([Pb]([c]2ccc(N(C)C)cc2)([c]2ccc(N(C)C)cc2)[c]2ccc(N(C)C)cc2)cc1. The first-order valence-corrected chi connectivity index (χ1v) is 20.5. The van der Waals surface area contributed by atoms with Crippen LogP contribution in [0.25, 0.3) is 0 Å². The average molecular weight is 688 g/mol. The fourth-order valence-electron chi connectivity index (χ4n) is 5.04. The molecule has 0 atom stereocenters. The molecule has 4 nitrogen and oxygen atoms in total. The Labute approximate surface area is 228 Å². The molecule has 0 amide bonds. The Morgan fingerprint density at radius 3 is 0.595 bits per heavy atom. The predicted octanol–water partition coefficient (Wildman–Crippen LogP) is 3.33. The van der Waals surface area contributed by atoms with E-state index in [4.69, 9.17) is 0 Å². The summed E-state index contributed by atoms with van der Waals surface area (Å²) in [6.45, 7) is 0. The van der Waals surface area contributed by atoms with E-state index in [0.717, 1.165) is 0 Å². The van der Waals surface area contributed by atoms with Gasteiger partial charge in [-0.25, -0.2) is 0 Å². The van der Waals surface area contributed by atoms with E-state index in [1.807, 2.05) is 0 Å². The topological polar surface area (TPSA) is 13.0 Å². The molecule has 0 aromatic heterocycles. The van der Waals surface area contributed by atoms with Gasteiger partial charge in [-0.2, -0.15) is 0 Å². The van der Waals surface area contributed by atoms with Crippen molar-refractivity contribution >= 4 is 56.4 Å². The number of nitrogens with zero attached hydrogens (tertiary/aromatic N) is 4. The monoisotopic (exact) mass is 688 g/mol. The third-order valence-electron chi connectivity index (χ3n) is 7.27. The Balaban J connectivity index is 2.05. The van der Waals surface area contributed by atoms with Gasteiger partial charge in [0.1, 0.15) is 0 Å². The van der Waals surface area contributed by atoms with Gasteiger partial charge < -0.3 is 0 Å². The van der Waals surface area contributed by atoms with Crippen LogP contribution in [0.4, 0.5) is 22.7 Å². The quantitative estimate of drug-likeness (QED) is 0.264. The van der Waals surface area contributed by atoms with Crippen LogP contribution in [-0.4, -0.2) is 77.6 Å². The number of hydrogen-bond acceptors (Lipinski definition) is 4. The van der Waals surface area contributed by atoms with Crippen molar-refractivity contribution in [2.75, 3.05) is 76.0 Å². The summed E-state index contributed by atoms with van der Waals surface area (Å²) < 4.78 is 5.86. The standard InChI is InChI=1S/4C8H10N.Pb/c4*1-9(2)8-6-4-3-5-7-8;/h4*4-7H,1-2H3;. The van der Waals surface area contributed by atoms with Gasteiger partial charge in [-0.15, -0.1) is 0 Å². The molecular weight excluding hydrogens is 648 g/mol. The molecule has 192 valence electrons. The minimum atomic E-state index is -3.88. The average Bonchev–Trinajstić information content (AvgIpc) is 2.90. The Hall–Kier alpha value is -3.00. The number of anilines is 4. The molecule has 0 saturated carbocycles. The molecule has 0 aliphatic carbocycles. The molecule has 0 fully saturated rings. The van der Waals surface area contributed by atoms with Crippen LogP contribution < -0.4 is 32.1 Å². The Morgan fingerprint density at radius 2 is 0.459 bits per heavy atom. The number of rotatable bonds is 8. The van der Waals surface area contributed by atoms with E-state index in [-0.39, 0.29) is 0 Å². The summed E-state index contributed by atoms with van der Waals surface area (Å²) in [4.78, 5) is 8.69. The molecule has 4 aromatic carbocycles. The Bertz CT molecular complexity index is 1080. The molecule has 0 heterocycles. The minimum absolute atomic E-state index is 1.22. The Kier molecular flexibility index (Phi) is 8.17. The van der Waals surface area contributed by atoms with E-state index < -0.39 is 21.2 Å². The maximum atomic E-state index is 2.39. The summed E-state index contributed by atoms with van der Waals surface area (Å²) >= 11 is -3.88. The Morgan fingerprint density at radius 1 is 0.297 bits per heavy atom. The molecule has 0 bridgehead atoms. The van der Waals surface area contributed by atoms with E-state index >= 15 is 0 Å². The van der Waals surface area contributed by atoms with Crippen molar-refractivity contribution in [1.82, 2.24) is 0 Å². The van der Waals surface area contributed by atoms with Gasteiger partial charge in [-0.1, -0.05) is 0 Å². The van der Waals surface area contributed by atoms with Crippen LogP contribution in [0.5, 0.6) is 0 Å². The molecule has 0 N–H and O–H groups in total. The van der Waals surface area contributed by atoms with E-state index in [0.29, 0.717) is 0 Å². The third kappa shape index (κ3) is 5.35. The first-order valence-electron chi connectivity index (χ1n) is 12.8. The van der Waals surface area contributed by atoms with Crippen molar-refractivity contribution in [1.29, 1.82) is 0 Å². The van der Waals surface area contributed by atoms with Gasteiger partial charge in [0.05, 0.1) is 0 Å².